The number of pyridine rings is 1. The first-order chi connectivity index (χ1) is 10.0. The molecule has 21 heavy (non-hydrogen) atoms. The van der Waals surface area contributed by atoms with Gasteiger partial charge in [0.05, 0.1) is 30.3 Å². The second-order valence-electron chi connectivity index (χ2n) is 5.53. The van der Waals surface area contributed by atoms with Gasteiger partial charge in [-0.3, -0.25) is 9.97 Å². The summed E-state index contributed by atoms with van der Waals surface area (Å²) in [6.45, 7) is 7.70. The van der Waals surface area contributed by atoms with E-state index in [1.54, 1.807) is 0 Å². The van der Waals surface area contributed by atoms with Crippen molar-refractivity contribution in [1.29, 1.82) is 0 Å². The minimum absolute atomic E-state index is 0.446. The maximum atomic E-state index is 4.51. The lowest BCUT2D eigenvalue weighted by molar-refractivity contribution is 0.580. The van der Waals surface area contributed by atoms with Gasteiger partial charge in [-0.25, -0.2) is 4.98 Å². The van der Waals surface area contributed by atoms with E-state index in [0.29, 0.717) is 6.04 Å². The molecule has 0 aliphatic rings. The van der Waals surface area contributed by atoms with Gasteiger partial charge < -0.3 is 10.2 Å². The van der Waals surface area contributed by atoms with Crippen LogP contribution >= 0.6 is 0 Å². The summed E-state index contributed by atoms with van der Waals surface area (Å²) in [5, 5.41) is 3.33. The molecule has 0 aromatic carbocycles. The summed E-state index contributed by atoms with van der Waals surface area (Å²) in [7, 11) is 2.00. The summed E-state index contributed by atoms with van der Waals surface area (Å²) < 4.78 is 0. The van der Waals surface area contributed by atoms with Crippen LogP contribution in [0.5, 0.6) is 0 Å². The Kier molecular flexibility index (Phi) is 5.22. The minimum Gasteiger partial charge on any atom is -0.353 e. The van der Waals surface area contributed by atoms with Crippen LogP contribution in [-0.2, 0) is 13.1 Å². The molecule has 0 spiro atoms. The number of rotatable bonds is 6. The van der Waals surface area contributed by atoms with E-state index in [-0.39, 0.29) is 0 Å². The van der Waals surface area contributed by atoms with Crippen molar-refractivity contribution in [3.05, 3.63) is 47.7 Å². The second kappa shape index (κ2) is 7.13. The van der Waals surface area contributed by atoms with Crippen LogP contribution in [0.3, 0.4) is 0 Å². The van der Waals surface area contributed by atoms with Crippen molar-refractivity contribution in [1.82, 2.24) is 20.3 Å². The van der Waals surface area contributed by atoms with Crippen LogP contribution in [0.1, 0.15) is 30.9 Å². The number of hydrogen-bond acceptors (Lipinski definition) is 5. The number of aromatic nitrogens is 3. The number of nitrogens with zero attached hydrogens (tertiary/aromatic N) is 4. The Morgan fingerprint density at radius 2 is 1.95 bits per heavy atom. The molecule has 2 heterocycles. The van der Waals surface area contributed by atoms with E-state index in [2.05, 4.69) is 39.0 Å². The van der Waals surface area contributed by atoms with Gasteiger partial charge in [0.1, 0.15) is 5.82 Å². The van der Waals surface area contributed by atoms with E-state index in [1.165, 1.54) is 0 Å². The molecule has 0 atom stereocenters. The fourth-order valence-corrected chi connectivity index (χ4v) is 1.96. The predicted molar refractivity (Wildman–Crippen MR) is 85.1 cm³/mol. The van der Waals surface area contributed by atoms with Crippen LogP contribution in [0.4, 0.5) is 5.82 Å². The third kappa shape index (κ3) is 4.79. The molecule has 1 N–H and O–H groups in total. The average Bonchev–Trinajstić information content (AvgIpc) is 2.45. The fourth-order valence-electron chi connectivity index (χ4n) is 1.96. The largest absolute Gasteiger partial charge is 0.353 e. The van der Waals surface area contributed by atoms with Crippen LogP contribution in [0.25, 0.3) is 0 Å². The number of hydrogen-bond donors (Lipinski definition) is 1. The molecule has 5 heteroatoms. The SMILES string of the molecule is Cc1cccc(CN(C)c2cnc(CNC(C)C)cn2)n1. The third-order valence-electron chi connectivity index (χ3n) is 3.12. The van der Waals surface area contributed by atoms with E-state index >= 15 is 0 Å². The maximum Gasteiger partial charge on any atom is 0.147 e. The highest BCUT2D eigenvalue weighted by molar-refractivity contribution is 5.35. The van der Waals surface area contributed by atoms with Crippen molar-refractivity contribution < 1.29 is 0 Å². The molecule has 0 radical (unpaired) electrons. The van der Waals surface area contributed by atoms with Crippen molar-refractivity contribution in [3.8, 4) is 0 Å². The molecular formula is C16H23N5. The molecule has 0 unspecified atom stereocenters. The first-order valence-electron chi connectivity index (χ1n) is 7.22. The van der Waals surface area contributed by atoms with E-state index in [9.17, 15) is 0 Å². The molecule has 2 rings (SSSR count). The lowest BCUT2D eigenvalue weighted by atomic mass is 10.3. The Morgan fingerprint density at radius 3 is 2.57 bits per heavy atom. The van der Waals surface area contributed by atoms with Gasteiger partial charge in [-0.15, -0.1) is 0 Å². The quantitative estimate of drug-likeness (QED) is 0.882. The molecule has 0 saturated carbocycles. The van der Waals surface area contributed by atoms with Gasteiger partial charge in [0.2, 0.25) is 0 Å². The van der Waals surface area contributed by atoms with Gasteiger partial charge in [-0.05, 0) is 19.1 Å². The molecule has 112 valence electrons. The molecule has 0 amide bonds. The molecule has 0 saturated heterocycles. The zero-order valence-electron chi connectivity index (χ0n) is 13.2. The van der Waals surface area contributed by atoms with Crippen LogP contribution in [-0.4, -0.2) is 28.0 Å². The predicted octanol–water partition coefficient (Wildman–Crippen LogP) is 2.31. The molecule has 0 bridgehead atoms. The topological polar surface area (TPSA) is 53.9 Å². The summed E-state index contributed by atoms with van der Waals surface area (Å²) >= 11 is 0. The Labute approximate surface area is 126 Å². The van der Waals surface area contributed by atoms with Crippen molar-refractivity contribution in [2.24, 2.45) is 0 Å². The smallest absolute Gasteiger partial charge is 0.147 e. The second-order valence-corrected chi connectivity index (χ2v) is 5.53. The monoisotopic (exact) mass is 285 g/mol. The summed E-state index contributed by atoms with van der Waals surface area (Å²) in [5.74, 6) is 0.853. The van der Waals surface area contributed by atoms with E-state index in [4.69, 9.17) is 0 Å². The molecule has 5 nitrogen and oxygen atoms in total. The van der Waals surface area contributed by atoms with E-state index in [0.717, 1.165) is 36.0 Å². The third-order valence-corrected chi connectivity index (χ3v) is 3.12. The Balaban J connectivity index is 1.97. The summed E-state index contributed by atoms with van der Waals surface area (Å²) in [6.07, 6.45) is 3.64. The number of aryl methyl sites for hydroxylation is 1. The van der Waals surface area contributed by atoms with Crippen LogP contribution < -0.4 is 10.2 Å². The first-order valence-corrected chi connectivity index (χ1v) is 7.22. The van der Waals surface area contributed by atoms with Crippen molar-refractivity contribution in [3.63, 3.8) is 0 Å². The lowest BCUT2D eigenvalue weighted by Crippen LogP contribution is -2.23. The minimum atomic E-state index is 0.446. The zero-order valence-corrected chi connectivity index (χ0v) is 13.2. The van der Waals surface area contributed by atoms with Crippen molar-refractivity contribution >= 4 is 5.82 Å². The molecule has 2 aromatic heterocycles. The highest BCUT2D eigenvalue weighted by atomic mass is 15.2. The van der Waals surface area contributed by atoms with E-state index in [1.807, 2.05) is 44.6 Å². The molecule has 0 aliphatic heterocycles. The fraction of sp³-hybridized carbons (Fsp3) is 0.438. The standard InChI is InChI=1S/C16H23N5/c1-12(2)17-8-15-9-19-16(10-18-15)21(4)11-14-7-5-6-13(3)20-14/h5-7,9-10,12,17H,8,11H2,1-4H3. The van der Waals surface area contributed by atoms with Crippen molar-refractivity contribution in [2.45, 2.75) is 39.9 Å². The van der Waals surface area contributed by atoms with Gasteiger partial charge in [0.25, 0.3) is 0 Å². The van der Waals surface area contributed by atoms with Gasteiger partial charge in [0, 0.05) is 25.3 Å². The zero-order chi connectivity index (χ0) is 15.2. The van der Waals surface area contributed by atoms with Crippen LogP contribution in [0.15, 0.2) is 30.6 Å². The molecular weight excluding hydrogens is 262 g/mol. The molecule has 0 fully saturated rings. The average molecular weight is 285 g/mol. The summed E-state index contributed by atoms with van der Waals surface area (Å²) in [5.41, 5.74) is 3.02. The number of anilines is 1. The van der Waals surface area contributed by atoms with Gasteiger partial charge in [-0.2, -0.15) is 0 Å². The maximum absolute atomic E-state index is 4.51. The lowest BCUT2D eigenvalue weighted by Gasteiger charge is -2.17. The van der Waals surface area contributed by atoms with Gasteiger partial charge in [-0.1, -0.05) is 19.9 Å². The summed E-state index contributed by atoms with van der Waals surface area (Å²) in [4.78, 5) is 15.5. The van der Waals surface area contributed by atoms with Crippen LogP contribution in [0.2, 0.25) is 0 Å². The normalized spacial score (nSPS) is 10.9. The molecule has 2 aromatic rings. The first kappa shape index (κ1) is 15.4. The van der Waals surface area contributed by atoms with Gasteiger partial charge >= 0.3 is 0 Å². The Bertz CT molecular complexity index is 565. The number of nitrogens with one attached hydrogen (secondary N) is 1. The highest BCUT2D eigenvalue weighted by Crippen LogP contribution is 2.10. The molecule has 0 aliphatic carbocycles. The van der Waals surface area contributed by atoms with Gasteiger partial charge in [0.15, 0.2) is 0 Å². The Morgan fingerprint density at radius 1 is 1.14 bits per heavy atom. The Hall–Kier alpha value is -2.01. The van der Waals surface area contributed by atoms with Crippen molar-refractivity contribution in [2.75, 3.05) is 11.9 Å². The highest BCUT2D eigenvalue weighted by Gasteiger charge is 2.06. The summed E-state index contributed by atoms with van der Waals surface area (Å²) in [6, 6.07) is 6.50. The van der Waals surface area contributed by atoms with E-state index < -0.39 is 0 Å². The van der Waals surface area contributed by atoms with Crippen LogP contribution in [0, 0.1) is 6.92 Å².